The molecule has 0 amide bonds. The largest absolute Gasteiger partial charge is 0.370 e. The first-order valence-electron chi connectivity index (χ1n) is 7.49. The number of halogens is 1. The van der Waals surface area contributed by atoms with E-state index in [0.717, 1.165) is 18.7 Å². The summed E-state index contributed by atoms with van der Waals surface area (Å²) in [5, 5.41) is 5.44. The number of aliphatic imine (C=N–C) groups is 1. The zero-order valence-corrected chi connectivity index (χ0v) is 16.6. The van der Waals surface area contributed by atoms with Crippen molar-refractivity contribution in [1.82, 2.24) is 10.2 Å². The lowest BCUT2D eigenvalue weighted by Crippen LogP contribution is -2.43. The Morgan fingerprint density at radius 3 is 3.00 bits per heavy atom. The van der Waals surface area contributed by atoms with Gasteiger partial charge in [-0.15, -0.1) is 35.3 Å². The van der Waals surface area contributed by atoms with Crippen LogP contribution in [0.1, 0.15) is 30.7 Å². The molecule has 1 aliphatic rings. The number of thiophene rings is 1. The first-order chi connectivity index (χ1) is 10.1. The SMILES string of the molecule is C=C(C)CN=C(N)NCC1CCCN(C)C1c1cccs1.I. The summed E-state index contributed by atoms with van der Waals surface area (Å²) in [6, 6.07) is 4.86. The Kier molecular flexibility index (Phi) is 8.41. The van der Waals surface area contributed by atoms with Gasteiger partial charge < -0.3 is 11.1 Å². The zero-order chi connectivity index (χ0) is 15.2. The molecule has 0 bridgehead atoms. The number of nitrogens with zero attached hydrogens (tertiary/aromatic N) is 2. The van der Waals surface area contributed by atoms with E-state index in [0.29, 0.717) is 24.5 Å². The van der Waals surface area contributed by atoms with E-state index < -0.39 is 0 Å². The Balaban J connectivity index is 0.00000242. The Morgan fingerprint density at radius 2 is 2.36 bits per heavy atom. The average Bonchev–Trinajstić information content (AvgIpc) is 2.96. The highest BCUT2D eigenvalue weighted by molar-refractivity contribution is 14.0. The van der Waals surface area contributed by atoms with Crippen molar-refractivity contribution in [3.05, 3.63) is 34.5 Å². The molecule has 2 atom stereocenters. The van der Waals surface area contributed by atoms with Crippen LogP contribution in [0, 0.1) is 5.92 Å². The van der Waals surface area contributed by atoms with E-state index in [1.807, 2.05) is 18.3 Å². The lowest BCUT2D eigenvalue weighted by Gasteiger charge is -2.39. The van der Waals surface area contributed by atoms with E-state index in [1.165, 1.54) is 17.7 Å². The highest BCUT2D eigenvalue weighted by Crippen LogP contribution is 2.36. The van der Waals surface area contributed by atoms with Crippen LogP contribution in [0.5, 0.6) is 0 Å². The molecule has 0 aromatic carbocycles. The van der Waals surface area contributed by atoms with Gasteiger partial charge >= 0.3 is 0 Å². The third kappa shape index (κ3) is 5.55. The van der Waals surface area contributed by atoms with E-state index in [-0.39, 0.29) is 24.0 Å². The van der Waals surface area contributed by atoms with Crippen LogP contribution in [0.25, 0.3) is 0 Å². The Hall–Kier alpha value is -0.600. The summed E-state index contributed by atoms with van der Waals surface area (Å²) in [4.78, 5) is 8.19. The van der Waals surface area contributed by atoms with Crippen molar-refractivity contribution in [3.8, 4) is 0 Å². The fraction of sp³-hybridized carbons (Fsp3) is 0.562. The molecule has 1 saturated heterocycles. The van der Waals surface area contributed by atoms with Crippen LogP contribution in [-0.2, 0) is 0 Å². The number of rotatable bonds is 5. The maximum absolute atomic E-state index is 5.92. The fourth-order valence-electron chi connectivity index (χ4n) is 2.89. The molecule has 1 fully saturated rings. The van der Waals surface area contributed by atoms with Crippen molar-refractivity contribution in [1.29, 1.82) is 0 Å². The van der Waals surface area contributed by atoms with Crippen molar-refractivity contribution < 1.29 is 0 Å². The van der Waals surface area contributed by atoms with Crippen LogP contribution >= 0.6 is 35.3 Å². The molecular weight excluding hydrogens is 407 g/mol. The van der Waals surface area contributed by atoms with Crippen molar-refractivity contribution in [3.63, 3.8) is 0 Å². The molecule has 2 heterocycles. The van der Waals surface area contributed by atoms with E-state index in [4.69, 9.17) is 5.73 Å². The van der Waals surface area contributed by atoms with Crippen molar-refractivity contribution in [2.75, 3.05) is 26.7 Å². The molecule has 0 radical (unpaired) electrons. The van der Waals surface area contributed by atoms with Crippen LogP contribution < -0.4 is 11.1 Å². The molecule has 22 heavy (non-hydrogen) atoms. The summed E-state index contributed by atoms with van der Waals surface area (Å²) in [6.45, 7) is 8.43. The molecule has 2 rings (SSSR count). The third-order valence-electron chi connectivity index (χ3n) is 3.91. The molecule has 6 heteroatoms. The molecule has 0 aliphatic carbocycles. The lowest BCUT2D eigenvalue weighted by atomic mass is 9.88. The van der Waals surface area contributed by atoms with Crippen molar-refractivity contribution in [2.45, 2.75) is 25.8 Å². The van der Waals surface area contributed by atoms with Crippen LogP contribution in [0.3, 0.4) is 0 Å². The predicted octanol–water partition coefficient (Wildman–Crippen LogP) is 3.23. The molecule has 0 saturated carbocycles. The maximum atomic E-state index is 5.92. The maximum Gasteiger partial charge on any atom is 0.188 e. The number of hydrogen-bond donors (Lipinski definition) is 2. The Labute approximate surface area is 154 Å². The van der Waals surface area contributed by atoms with Gasteiger partial charge in [-0.1, -0.05) is 18.2 Å². The van der Waals surface area contributed by atoms with E-state index in [1.54, 1.807) is 0 Å². The summed E-state index contributed by atoms with van der Waals surface area (Å²) in [5.74, 6) is 1.09. The summed E-state index contributed by atoms with van der Waals surface area (Å²) in [7, 11) is 2.22. The van der Waals surface area contributed by atoms with E-state index >= 15 is 0 Å². The molecule has 1 aliphatic heterocycles. The fourth-order valence-corrected chi connectivity index (χ4v) is 3.88. The standard InChI is InChI=1S/C16H26N4S.HI/c1-12(2)10-18-16(17)19-11-13-6-4-8-20(3)15(13)14-7-5-9-21-14;/h5,7,9,13,15H,1,4,6,8,10-11H2,2-3H3,(H3,17,18,19);1H. The quantitative estimate of drug-likeness (QED) is 0.324. The lowest BCUT2D eigenvalue weighted by molar-refractivity contribution is 0.125. The number of nitrogens with two attached hydrogens (primary N) is 1. The smallest absolute Gasteiger partial charge is 0.188 e. The van der Waals surface area contributed by atoms with Gasteiger partial charge in [0.1, 0.15) is 0 Å². The molecule has 124 valence electrons. The minimum atomic E-state index is 0. The number of piperidine rings is 1. The van der Waals surface area contributed by atoms with Gasteiger partial charge in [-0.05, 0) is 50.7 Å². The summed E-state index contributed by atoms with van der Waals surface area (Å²) in [5.41, 5.74) is 6.95. The van der Waals surface area contributed by atoms with Crippen LogP contribution in [0.4, 0.5) is 0 Å². The van der Waals surface area contributed by atoms with Gasteiger partial charge in [0.25, 0.3) is 0 Å². The molecular formula is C16H27IN4S. The summed E-state index contributed by atoms with van der Waals surface area (Å²) >= 11 is 1.84. The van der Waals surface area contributed by atoms with Gasteiger partial charge in [0.05, 0.1) is 6.54 Å². The second kappa shape index (κ2) is 9.52. The first kappa shape index (κ1) is 19.4. The van der Waals surface area contributed by atoms with Crippen LogP contribution in [0.15, 0.2) is 34.7 Å². The van der Waals surface area contributed by atoms with Gasteiger partial charge in [-0.25, -0.2) is 4.99 Å². The Bertz CT molecular complexity index is 486. The van der Waals surface area contributed by atoms with Crippen molar-refractivity contribution >= 4 is 41.3 Å². The van der Waals surface area contributed by atoms with Gasteiger partial charge in [0, 0.05) is 17.5 Å². The monoisotopic (exact) mass is 434 g/mol. The number of hydrogen-bond acceptors (Lipinski definition) is 3. The topological polar surface area (TPSA) is 53.6 Å². The number of likely N-dealkylation sites (tertiary alicyclic amines) is 1. The van der Waals surface area contributed by atoms with Gasteiger partial charge in [-0.3, -0.25) is 4.90 Å². The number of guanidine groups is 1. The highest BCUT2D eigenvalue weighted by Gasteiger charge is 2.30. The molecule has 0 spiro atoms. The minimum Gasteiger partial charge on any atom is -0.370 e. The second-order valence-electron chi connectivity index (χ2n) is 5.88. The van der Waals surface area contributed by atoms with E-state index in [2.05, 4.69) is 46.3 Å². The van der Waals surface area contributed by atoms with Crippen molar-refractivity contribution in [2.24, 2.45) is 16.6 Å². The Morgan fingerprint density at radius 1 is 1.59 bits per heavy atom. The zero-order valence-electron chi connectivity index (χ0n) is 13.4. The molecule has 1 aromatic rings. The highest BCUT2D eigenvalue weighted by atomic mass is 127. The van der Waals surface area contributed by atoms with Gasteiger partial charge in [-0.2, -0.15) is 0 Å². The first-order valence-corrected chi connectivity index (χ1v) is 8.37. The molecule has 4 nitrogen and oxygen atoms in total. The number of nitrogens with one attached hydrogen (secondary N) is 1. The predicted molar refractivity (Wildman–Crippen MR) is 107 cm³/mol. The third-order valence-corrected chi connectivity index (χ3v) is 4.85. The summed E-state index contributed by atoms with van der Waals surface area (Å²) in [6.07, 6.45) is 2.47. The molecule has 3 N–H and O–H groups in total. The minimum absolute atomic E-state index is 0. The average molecular weight is 434 g/mol. The van der Waals surface area contributed by atoms with Crippen LogP contribution in [-0.4, -0.2) is 37.5 Å². The normalized spacial score (nSPS) is 22.9. The molecule has 2 unspecified atom stereocenters. The molecule has 1 aromatic heterocycles. The van der Waals surface area contributed by atoms with Crippen LogP contribution in [0.2, 0.25) is 0 Å². The van der Waals surface area contributed by atoms with Gasteiger partial charge in [0.15, 0.2) is 5.96 Å². The van der Waals surface area contributed by atoms with Gasteiger partial charge in [0.2, 0.25) is 0 Å². The summed E-state index contributed by atoms with van der Waals surface area (Å²) < 4.78 is 0. The van der Waals surface area contributed by atoms with E-state index in [9.17, 15) is 0 Å². The second-order valence-corrected chi connectivity index (χ2v) is 6.86.